The lowest BCUT2D eigenvalue weighted by atomic mass is 9.86. The van der Waals surface area contributed by atoms with Gasteiger partial charge in [-0.05, 0) is 81.6 Å². The zero-order valence-corrected chi connectivity index (χ0v) is 21.5. The van der Waals surface area contributed by atoms with Gasteiger partial charge in [-0.25, -0.2) is 0 Å². The summed E-state index contributed by atoms with van der Waals surface area (Å²) in [7, 11) is 0. The number of hydrogen-bond donors (Lipinski definition) is 1. The molecule has 0 aliphatic carbocycles. The number of rotatable bonds is 11. The van der Waals surface area contributed by atoms with Crippen molar-refractivity contribution in [2.45, 2.75) is 105 Å². The number of esters is 1. The maximum atomic E-state index is 12.2. The summed E-state index contributed by atoms with van der Waals surface area (Å²) in [5.41, 5.74) is 3.46. The second kappa shape index (κ2) is 11.7. The van der Waals surface area contributed by atoms with Gasteiger partial charge in [0.05, 0.1) is 12.8 Å². The molecule has 0 fully saturated rings. The minimum absolute atomic E-state index is 0.139. The Kier molecular flexibility index (Phi) is 9.57. The number of allylic oxidation sites excluding steroid dienone is 1. The molecule has 5 nitrogen and oxygen atoms in total. The molecule has 1 aromatic carbocycles. The van der Waals surface area contributed by atoms with E-state index in [1.165, 1.54) is 19.3 Å². The largest absolute Gasteiger partial charge is 0.483 e. The van der Waals surface area contributed by atoms with E-state index >= 15 is 0 Å². The van der Waals surface area contributed by atoms with Crippen LogP contribution in [0.15, 0.2) is 12.2 Å². The molecule has 5 heteroatoms. The highest BCUT2D eigenvalue weighted by atomic mass is 16.5. The number of carbonyl (C=O) groups is 2. The lowest BCUT2D eigenvalue weighted by Crippen LogP contribution is -2.35. The van der Waals surface area contributed by atoms with Crippen molar-refractivity contribution in [2.75, 3.05) is 0 Å². The molecule has 1 unspecified atom stereocenters. The van der Waals surface area contributed by atoms with Crippen LogP contribution < -0.4 is 9.47 Å². The molecule has 2 atom stereocenters. The van der Waals surface area contributed by atoms with E-state index in [0.29, 0.717) is 11.7 Å². The van der Waals surface area contributed by atoms with Crippen LogP contribution in [0.4, 0.5) is 0 Å². The number of carboxylic acid groups (broad SMARTS) is 1. The van der Waals surface area contributed by atoms with Crippen LogP contribution in [0.1, 0.15) is 94.9 Å². The van der Waals surface area contributed by atoms with Crippen molar-refractivity contribution in [2.24, 2.45) is 11.8 Å². The maximum absolute atomic E-state index is 12.2. The smallest absolute Gasteiger partial charge is 0.311 e. The molecule has 1 N–H and O–H groups in total. The number of carbonyl (C=O) groups excluding carboxylic acids is 1. The normalized spacial score (nSPS) is 18.8. The Morgan fingerprint density at radius 3 is 2.42 bits per heavy atom. The van der Waals surface area contributed by atoms with Gasteiger partial charge >= 0.3 is 11.9 Å². The summed E-state index contributed by atoms with van der Waals surface area (Å²) in [5.74, 6) is 1.34. The first kappa shape index (κ1) is 26.9. The Morgan fingerprint density at radius 1 is 1.09 bits per heavy atom. The molecule has 1 aromatic rings. The van der Waals surface area contributed by atoms with E-state index in [1.54, 1.807) is 0 Å². The molecule has 184 valence electrons. The van der Waals surface area contributed by atoms with Gasteiger partial charge in [-0.2, -0.15) is 0 Å². The summed E-state index contributed by atoms with van der Waals surface area (Å²) in [6, 6.07) is 0. The predicted octanol–water partition coefficient (Wildman–Crippen LogP) is 6.87. The maximum Gasteiger partial charge on any atom is 0.311 e. The number of fused-ring (bicyclic) bond motifs is 1. The quantitative estimate of drug-likeness (QED) is 0.222. The third-order valence-electron chi connectivity index (χ3n) is 6.76. The average Bonchev–Trinajstić information content (AvgIpc) is 2.73. The van der Waals surface area contributed by atoms with Gasteiger partial charge in [0.2, 0.25) is 0 Å². The molecule has 0 saturated heterocycles. The number of carboxylic acids is 1. The molecular formula is C28H42O5. The van der Waals surface area contributed by atoms with Crippen LogP contribution in [0.5, 0.6) is 11.5 Å². The Morgan fingerprint density at radius 2 is 1.79 bits per heavy atom. The van der Waals surface area contributed by atoms with Crippen LogP contribution in [-0.2, 0) is 16.0 Å². The third kappa shape index (κ3) is 7.62. The van der Waals surface area contributed by atoms with Crippen LogP contribution in [0.25, 0.3) is 0 Å². The Labute approximate surface area is 199 Å². The van der Waals surface area contributed by atoms with Crippen LogP contribution in [0.2, 0.25) is 0 Å². The molecule has 1 heterocycles. The van der Waals surface area contributed by atoms with Crippen molar-refractivity contribution in [1.82, 2.24) is 0 Å². The van der Waals surface area contributed by atoms with Crippen molar-refractivity contribution >= 4 is 11.9 Å². The summed E-state index contributed by atoms with van der Waals surface area (Å²) in [6.45, 7) is 14.9. The fourth-order valence-electron chi connectivity index (χ4n) is 4.44. The van der Waals surface area contributed by atoms with Gasteiger partial charge in [-0.3, -0.25) is 9.59 Å². The second-order valence-corrected chi connectivity index (χ2v) is 10.4. The van der Waals surface area contributed by atoms with Gasteiger partial charge in [0, 0.05) is 5.56 Å². The number of benzene rings is 1. The molecule has 0 aromatic heterocycles. The zero-order chi connectivity index (χ0) is 24.8. The minimum Gasteiger partial charge on any atom is -0.483 e. The summed E-state index contributed by atoms with van der Waals surface area (Å²) in [5, 5.41) is 8.81. The van der Waals surface area contributed by atoms with Gasteiger partial charge in [0.1, 0.15) is 17.1 Å². The highest BCUT2D eigenvalue weighted by Gasteiger charge is 2.33. The molecule has 0 spiro atoms. The van der Waals surface area contributed by atoms with E-state index in [2.05, 4.69) is 39.8 Å². The van der Waals surface area contributed by atoms with Crippen molar-refractivity contribution in [3.63, 3.8) is 0 Å². The van der Waals surface area contributed by atoms with E-state index in [-0.39, 0.29) is 18.4 Å². The topological polar surface area (TPSA) is 72.8 Å². The van der Waals surface area contributed by atoms with Gasteiger partial charge in [-0.1, -0.05) is 46.1 Å². The lowest BCUT2D eigenvalue weighted by Gasteiger charge is -2.36. The fourth-order valence-corrected chi connectivity index (χ4v) is 4.44. The molecule has 2 rings (SSSR count). The number of aliphatic carboxylic acids is 1. The molecular weight excluding hydrogens is 416 g/mol. The van der Waals surface area contributed by atoms with Crippen LogP contribution in [0, 0.1) is 32.6 Å². The molecule has 33 heavy (non-hydrogen) atoms. The SMILES string of the molecule is Cc1c(C)c2c(c(C)c1OC(=O)CCC(=O)O)CC[C@](C)(/C=C/CC(C)CCCC(C)C)O2. The Hall–Kier alpha value is -2.30. The number of ether oxygens (including phenoxy) is 2. The van der Waals surface area contributed by atoms with E-state index in [4.69, 9.17) is 14.6 Å². The van der Waals surface area contributed by atoms with Crippen LogP contribution in [-0.4, -0.2) is 22.6 Å². The van der Waals surface area contributed by atoms with E-state index in [9.17, 15) is 9.59 Å². The monoisotopic (exact) mass is 458 g/mol. The minimum atomic E-state index is -1.01. The van der Waals surface area contributed by atoms with Crippen LogP contribution in [0.3, 0.4) is 0 Å². The van der Waals surface area contributed by atoms with Gasteiger partial charge < -0.3 is 14.6 Å². The Balaban J connectivity index is 2.10. The molecule has 0 amide bonds. The summed E-state index contributed by atoms with van der Waals surface area (Å²) in [6.07, 6.45) is 10.7. The van der Waals surface area contributed by atoms with E-state index in [0.717, 1.165) is 53.2 Å². The molecule has 0 radical (unpaired) electrons. The highest BCUT2D eigenvalue weighted by molar-refractivity contribution is 5.79. The second-order valence-electron chi connectivity index (χ2n) is 10.4. The summed E-state index contributed by atoms with van der Waals surface area (Å²) < 4.78 is 12.1. The van der Waals surface area contributed by atoms with Gasteiger partial charge in [0.15, 0.2) is 0 Å². The van der Waals surface area contributed by atoms with Gasteiger partial charge in [-0.15, -0.1) is 0 Å². The third-order valence-corrected chi connectivity index (χ3v) is 6.76. The molecule has 1 aliphatic heterocycles. The van der Waals surface area contributed by atoms with Gasteiger partial charge in [0.25, 0.3) is 0 Å². The van der Waals surface area contributed by atoms with E-state index in [1.807, 2.05) is 20.8 Å². The van der Waals surface area contributed by atoms with Crippen molar-refractivity contribution in [3.8, 4) is 11.5 Å². The fraction of sp³-hybridized carbons (Fsp3) is 0.643. The first-order chi connectivity index (χ1) is 15.4. The predicted molar refractivity (Wildman–Crippen MR) is 132 cm³/mol. The molecule has 0 bridgehead atoms. The highest BCUT2D eigenvalue weighted by Crippen LogP contribution is 2.44. The van der Waals surface area contributed by atoms with Crippen molar-refractivity contribution in [3.05, 3.63) is 34.4 Å². The first-order valence-electron chi connectivity index (χ1n) is 12.3. The molecule has 0 saturated carbocycles. The summed E-state index contributed by atoms with van der Waals surface area (Å²) >= 11 is 0. The standard InChI is InChI=1S/C28H42O5/c1-18(2)10-8-11-19(3)12-9-16-28(7)17-15-23-22(6)26(20(4)21(5)27(23)33-28)32-25(31)14-13-24(29)30/h9,16,18-19H,8,10-15,17H2,1-7H3,(H,29,30)/b16-9+/t19?,28-/m0/s1. The lowest BCUT2D eigenvalue weighted by molar-refractivity contribution is -0.142. The summed E-state index contributed by atoms with van der Waals surface area (Å²) in [4.78, 5) is 22.9. The zero-order valence-electron chi connectivity index (χ0n) is 21.5. The Bertz CT molecular complexity index is 883. The number of hydrogen-bond acceptors (Lipinski definition) is 4. The van der Waals surface area contributed by atoms with Crippen molar-refractivity contribution < 1.29 is 24.2 Å². The molecule has 1 aliphatic rings. The first-order valence-corrected chi connectivity index (χ1v) is 12.3. The van der Waals surface area contributed by atoms with Crippen molar-refractivity contribution in [1.29, 1.82) is 0 Å². The van der Waals surface area contributed by atoms with E-state index < -0.39 is 11.9 Å². The van der Waals surface area contributed by atoms with Crippen LogP contribution >= 0.6 is 0 Å². The average molecular weight is 459 g/mol.